The van der Waals surface area contributed by atoms with Crippen LogP contribution in [0.5, 0.6) is 11.5 Å². The SMILES string of the molecule is Nc1cccc(OCCCOc2ccc3nc[nH]c3c2)c1. The molecule has 0 amide bonds. The van der Waals surface area contributed by atoms with Gasteiger partial charge in [-0.2, -0.15) is 0 Å². The number of rotatable bonds is 6. The Morgan fingerprint density at radius 1 is 1.00 bits per heavy atom. The first-order valence-corrected chi connectivity index (χ1v) is 6.85. The zero-order valence-electron chi connectivity index (χ0n) is 11.6. The number of H-pyrrole nitrogens is 1. The van der Waals surface area contributed by atoms with E-state index >= 15 is 0 Å². The van der Waals surface area contributed by atoms with Gasteiger partial charge in [0.25, 0.3) is 0 Å². The summed E-state index contributed by atoms with van der Waals surface area (Å²) in [5.41, 5.74) is 8.31. The van der Waals surface area contributed by atoms with Gasteiger partial charge in [0.1, 0.15) is 11.5 Å². The number of fused-ring (bicyclic) bond motifs is 1. The molecule has 21 heavy (non-hydrogen) atoms. The van der Waals surface area contributed by atoms with E-state index in [-0.39, 0.29) is 0 Å². The van der Waals surface area contributed by atoms with Gasteiger partial charge in [-0.1, -0.05) is 6.07 Å². The summed E-state index contributed by atoms with van der Waals surface area (Å²) in [6, 6.07) is 13.2. The van der Waals surface area contributed by atoms with E-state index in [1.54, 1.807) is 6.33 Å². The predicted octanol–water partition coefficient (Wildman–Crippen LogP) is 2.99. The number of nitrogens with two attached hydrogens (primary N) is 1. The number of imidazole rings is 1. The maximum absolute atomic E-state index is 5.69. The summed E-state index contributed by atoms with van der Waals surface area (Å²) in [4.78, 5) is 7.23. The van der Waals surface area contributed by atoms with E-state index in [1.807, 2.05) is 42.5 Å². The fourth-order valence-corrected chi connectivity index (χ4v) is 2.05. The van der Waals surface area contributed by atoms with Crippen molar-refractivity contribution in [3.63, 3.8) is 0 Å². The standard InChI is InChI=1S/C16H17N3O2/c17-12-3-1-4-13(9-12)20-7-2-8-21-14-5-6-15-16(10-14)19-11-18-15/h1,3-6,9-11H,2,7-8,17H2,(H,18,19). The van der Waals surface area contributed by atoms with Crippen molar-refractivity contribution in [3.8, 4) is 11.5 Å². The monoisotopic (exact) mass is 283 g/mol. The lowest BCUT2D eigenvalue weighted by Gasteiger charge is -2.08. The average molecular weight is 283 g/mol. The minimum atomic E-state index is 0.593. The molecule has 0 spiro atoms. The number of nitrogen functional groups attached to an aromatic ring is 1. The molecule has 0 saturated carbocycles. The second-order valence-corrected chi connectivity index (χ2v) is 4.70. The fraction of sp³-hybridized carbons (Fsp3) is 0.188. The molecule has 3 rings (SSSR count). The summed E-state index contributed by atoms with van der Waals surface area (Å²) in [5.74, 6) is 1.62. The molecular formula is C16H17N3O2. The number of anilines is 1. The summed E-state index contributed by atoms with van der Waals surface area (Å²) in [6.07, 6.45) is 2.48. The Kier molecular flexibility index (Phi) is 3.91. The smallest absolute Gasteiger partial charge is 0.121 e. The van der Waals surface area contributed by atoms with Gasteiger partial charge in [-0.15, -0.1) is 0 Å². The van der Waals surface area contributed by atoms with E-state index in [0.29, 0.717) is 18.9 Å². The lowest BCUT2D eigenvalue weighted by Crippen LogP contribution is -2.05. The molecule has 3 aromatic rings. The fourth-order valence-electron chi connectivity index (χ4n) is 2.05. The predicted molar refractivity (Wildman–Crippen MR) is 82.6 cm³/mol. The first kappa shape index (κ1) is 13.3. The number of benzene rings is 2. The topological polar surface area (TPSA) is 73.2 Å². The molecule has 0 atom stereocenters. The first-order chi connectivity index (χ1) is 10.3. The van der Waals surface area contributed by atoms with E-state index in [0.717, 1.165) is 29.0 Å². The minimum Gasteiger partial charge on any atom is -0.493 e. The van der Waals surface area contributed by atoms with E-state index in [9.17, 15) is 0 Å². The second-order valence-electron chi connectivity index (χ2n) is 4.70. The average Bonchev–Trinajstić information content (AvgIpc) is 2.94. The van der Waals surface area contributed by atoms with Gasteiger partial charge in [-0.25, -0.2) is 4.98 Å². The Labute approximate surface area is 122 Å². The van der Waals surface area contributed by atoms with Gasteiger partial charge in [0.05, 0.1) is 30.6 Å². The molecular weight excluding hydrogens is 266 g/mol. The van der Waals surface area contributed by atoms with Crippen LogP contribution < -0.4 is 15.2 Å². The molecule has 1 aromatic heterocycles. The Morgan fingerprint density at radius 3 is 2.62 bits per heavy atom. The van der Waals surface area contributed by atoms with Gasteiger partial charge < -0.3 is 20.2 Å². The Morgan fingerprint density at radius 2 is 1.81 bits per heavy atom. The number of nitrogens with zero attached hydrogens (tertiary/aromatic N) is 1. The molecule has 0 aliphatic heterocycles. The first-order valence-electron chi connectivity index (χ1n) is 6.85. The van der Waals surface area contributed by atoms with Gasteiger partial charge in [0.15, 0.2) is 0 Å². The van der Waals surface area contributed by atoms with Crippen molar-refractivity contribution in [3.05, 3.63) is 48.8 Å². The van der Waals surface area contributed by atoms with Gasteiger partial charge in [-0.3, -0.25) is 0 Å². The van der Waals surface area contributed by atoms with Crippen LogP contribution in [-0.4, -0.2) is 23.2 Å². The van der Waals surface area contributed by atoms with Crippen molar-refractivity contribution >= 4 is 16.7 Å². The molecule has 5 heteroatoms. The van der Waals surface area contributed by atoms with E-state index < -0.39 is 0 Å². The summed E-state index contributed by atoms with van der Waals surface area (Å²) in [5, 5.41) is 0. The van der Waals surface area contributed by atoms with Crippen LogP contribution >= 0.6 is 0 Å². The third-order valence-corrected chi connectivity index (χ3v) is 3.08. The lowest BCUT2D eigenvalue weighted by atomic mass is 10.3. The molecule has 0 aliphatic rings. The van der Waals surface area contributed by atoms with Crippen LogP contribution in [-0.2, 0) is 0 Å². The highest BCUT2D eigenvalue weighted by Crippen LogP contribution is 2.18. The highest BCUT2D eigenvalue weighted by atomic mass is 16.5. The zero-order chi connectivity index (χ0) is 14.5. The largest absolute Gasteiger partial charge is 0.493 e. The third kappa shape index (κ3) is 3.45. The van der Waals surface area contributed by atoms with Crippen molar-refractivity contribution in [1.29, 1.82) is 0 Å². The van der Waals surface area contributed by atoms with Gasteiger partial charge in [0, 0.05) is 24.2 Å². The second kappa shape index (κ2) is 6.17. The van der Waals surface area contributed by atoms with E-state index in [4.69, 9.17) is 15.2 Å². The van der Waals surface area contributed by atoms with Crippen LogP contribution in [0.2, 0.25) is 0 Å². The highest BCUT2D eigenvalue weighted by Gasteiger charge is 1.99. The maximum atomic E-state index is 5.69. The minimum absolute atomic E-state index is 0.593. The molecule has 0 aliphatic carbocycles. The van der Waals surface area contributed by atoms with Gasteiger partial charge in [0.2, 0.25) is 0 Å². The van der Waals surface area contributed by atoms with Gasteiger partial charge >= 0.3 is 0 Å². The summed E-state index contributed by atoms with van der Waals surface area (Å²) in [7, 11) is 0. The van der Waals surface area contributed by atoms with Crippen molar-refractivity contribution in [2.45, 2.75) is 6.42 Å². The van der Waals surface area contributed by atoms with Crippen molar-refractivity contribution in [2.24, 2.45) is 0 Å². The van der Waals surface area contributed by atoms with Crippen LogP contribution in [0.4, 0.5) is 5.69 Å². The zero-order valence-corrected chi connectivity index (χ0v) is 11.6. The molecule has 5 nitrogen and oxygen atoms in total. The Bertz CT molecular complexity index is 724. The van der Waals surface area contributed by atoms with Crippen LogP contribution in [0.1, 0.15) is 6.42 Å². The molecule has 3 N–H and O–H groups in total. The number of nitrogens with one attached hydrogen (secondary N) is 1. The number of aromatic amines is 1. The third-order valence-electron chi connectivity index (χ3n) is 3.08. The number of aromatic nitrogens is 2. The summed E-state index contributed by atoms with van der Waals surface area (Å²) >= 11 is 0. The normalized spacial score (nSPS) is 10.7. The van der Waals surface area contributed by atoms with Gasteiger partial charge in [-0.05, 0) is 24.3 Å². The molecule has 0 bridgehead atoms. The van der Waals surface area contributed by atoms with Crippen molar-refractivity contribution in [2.75, 3.05) is 18.9 Å². The molecule has 108 valence electrons. The van der Waals surface area contributed by atoms with Crippen LogP contribution in [0.25, 0.3) is 11.0 Å². The number of hydrogen-bond donors (Lipinski definition) is 2. The summed E-state index contributed by atoms with van der Waals surface area (Å²) in [6.45, 7) is 1.19. The molecule has 0 saturated heterocycles. The lowest BCUT2D eigenvalue weighted by molar-refractivity contribution is 0.247. The van der Waals surface area contributed by atoms with Crippen LogP contribution in [0.3, 0.4) is 0 Å². The van der Waals surface area contributed by atoms with Crippen LogP contribution in [0, 0.1) is 0 Å². The molecule has 1 heterocycles. The quantitative estimate of drug-likeness (QED) is 0.539. The molecule has 0 radical (unpaired) electrons. The van der Waals surface area contributed by atoms with E-state index in [1.165, 1.54) is 0 Å². The van der Waals surface area contributed by atoms with Crippen LogP contribution in [0.15, 0.2) is 48.8 Å². The molecule has 2 aromatic carbocycles. The maximum Gasteiger partial charge on any atom is 0.121 e. The Hall–Kier alpha value is -2.69. The highest BCUT2D eigenvalue weighted by molar-refractivity contribution is 5.75. The Balaban J connectivity index is 1.43. The van der Waals surface area contributed by atoms with Crippen molar-refractivity contribution < 1.29 is 9.47 Å². The van der Waals surface area contributed by atoms with E-state index in [2.05, 4.69) is 9.97 Å². The summed E-state index contributed by atoms with van der Waals surface area (Å²) < 4.78 is 11.3. The molecule has 0 fully saturated rings. The molecule has 0 unspecified atom stereocenters. The number of ether oxygens (including phenoxy) is 2. The van der Waals surface area contributed by atoms with Crippen molar-refractivity contribution in [1.82, 2.24) is 9.97 Å². The number of hydrogen-bond acceptors (Lipinski definition) is 4.